The molecule has 0 bridgehead atoms. The predicted molar refractivity (Wildman–Crippen MR) is 65.9 cm³/mol. The molecule has 0 fully saturated rings. The SMILES string of the molecule is CSc1cccc(-c2ccc(N)nc2)c1. The molecule has 2 aromatic rings. The molecule has 0 saturated carbocycles. The Labute approximate surface area is 93.5 Å². The molecule has 1 aromatic carbocycles. The molecule has 1 aromatic heterocycles. The van der Waals surface area contributed by atoms with Gasteiger partial charge in [0, 0.05) is 16.7 Å². The Bertz CT molecular complexity index is 451. The Hall–Kier alpha value is -1.48. The van der Waals surface area contributed by atoms with Gasteiger partial charge in [0.1, 0.15) is 5.82 Å². The standard InChI is InChI=1S/C12H12N2S/c1-15-11-4-2-3-9(7-11)10-5-6-12(13)14-8-10/h2-8H,1H3,(H2,13,14). The molecule has 2 rings (SSSR count). The van der Waals surface area contributed by atoms with Gasteiger partial charge in [0.15, 0.2) is 0 Å². The van der Waals surface area contributed by atoms with Crippen LogP contribution in [0.1, 0.15) is 0 Å². The van der Waals surface area contributed by atoms with Gasteiger partial charge in [-0.2, -0.15) is 0 Å². The normalized spacial score (nSPS) is 10.2. The van der Waals surface area contributed by atoms with E-state index in [0.717, 1.165) is 5.56 Å². The summed E-state index contributed by atoms with van der Waals surface area (Å²) in [5.41, 5.74) is 7.82. The maximum atomic E-state index is 5.55. The molecule has 0 spiro atoms. The lowest BCUT2D eigenvalue weighted by Gasteiger charge is -2.03. The fourth-order valence-electron chi connectivity index (χ4n) is 1.38. The fraction of sp³-hybridized carbons (Fsp3) is 0.0833. The van der Waals surface area contributed by atoms with Crippen LogP contribution in [0, 0.1) is 0 Å². The number of nitrogen functional groups attached to an aromatic ring is 1. The maximum Gasteiger partial charge on any atom is 0.123 e. The van der Waals surface area contributed by atoms with E-state index >= 15 is 0 Å². The summed E-state index contributed by atoms with van der Waals surface area (Å²) in [5, 5.41) is 0. The van der Waals surface area contributed by atoms with Gasteiger partial charge in [-0.25, -0.2) is 4.98 Å². The summed E-state index contributed by atoms with van der Waals surface area (Å²) >= 11 is 1.74. The second-order valence-electron chi connectivity index (χ2n) is 3.20. The molecule has 2 nitrogen and oxygen atoms in total. The number of rotatable bonds is 2. The van der Waals surface area contributed by atoms with E-state index in [0.29, 0.717) is 5.82 Å². The van der Waals surface area contributed by atoms with Crippen LogP contribution in [-0.4, -0.2) is 11.2 Å². The largest absolute Gasteiger partial charge is 0.384 e. The zero-order valence-electron chi connectivity index (χ0n) is 8.47. The summed E-state index contributed by atoms with van der Waals surface area (Å²) in [6.45, 7) is 0. The first-order valence-corrected chi connectivity index (χ1v) is 5.88. The van der Waals surface area contributed by atoms with Gasteiger partial charge in [-0.05, 0) is 36.1 Å². The Morgan fingerprint density at radius 2 is 2.00 bits per heavy atom. The van der Waals surface area contributed by atoms with E-state index in [4.69, 9.17) is 5.73 Å². The zero-order valence-corrected chi connectivity index (χ0v) is 9.29. The lowest BCUT2D eigenvalue weighted by molar-refractivity contribution is 1.33. The molecular formula is C12H12N2S. The molecule has 0 saturated heterocycles. The molecule has 0 aliphatic carbocycles. The number of nitrogens with zero attached hydrogens (tertiary/aromatic N) is 1. The van der Waals surface area contributed by atoms with Gasteiger partial charge >= 0.3 is 0 Å². The van der Waals surface area contributed by atoms with Crippen LogP contribution >= 0.6 is 11.8 Å². The molecule has 3 heteroatoms. The van der Waals surface area contributed by atoms with Gasteiger partial charge < -0.3 is 5.73 Å². The lowest BCUT2D eigenvalue weighted by Crippen LogP contribution is -1.88. The minimum atomic E-state index is 0.555. The van der Waals surface area contributed by atoms with Crippen molar-refractivity contribution in [2.45, 2.75) is 4.90 Å². The van der Waals surface area contributed by atoms with Gasteiger partial charge in [-0.15, -0.1) is 11.8 Å². The van der Waals surface area contributed by atoms with Crippen molar-refractivity contribution in [1.82, 2.24) is 4.98 Å². The van der Waals surface area contributed by atoms with Crippen LogP contribution in [0.15, 0.2) is 47.5 Å². The van der Waals surface area contributed by atoms with Crippen molar-refractivity contribution in [3.05, 3.63) is 42.6 Å². The third kappa shape index (κ3) is 2.30. The van der Waals surface area contributed by atoms with Crippen LogP contribution in [-0.2, 0) is 0 Å². The molecule has 0 radical (unpaired) electrons. The van der Waals surface area contributed by atoms with Crippen LogP contribution in [0.4, 0.5) is 5.82 Å². The highest BCUT2D eigenvalue weighted by molar-refractivity contribution is 7.98. The summed E-state index contributed by atoms with van der Waals surface area (Å²) in [4.78, 5) is 5.34. The Morgan fingerprint density at radius 3 is 2.67 bits per heavy atom. The molecule has 1 heterocycles. The smallest absolute Gasteiger partial charge is 0.123 e. The van der Waals surface area contributed by atoms with Gasteiger partial charge in [0.05, 0.1) is 0 Å². The Morgan fingerprint density at radius 1 is 1.13 bits per heavy atom. The lowest BCUT2D eigenvalue weighted by atomic mass is 10.1. The van der Waals surface area contributed by atoms with Crippen molar-refractivity contribution in [2.24, 2.45) is 0 Å². The van der Waals surface area contributed by atoms with E-state index < -0.39 is 0 Å². The molecule has 0 aliphatic heterocycles. The number of pyridine rings is 1. The van der Waals surface area contributed by atoms with Crippen molar-refractivity contribution in [3.8, 4) is 11.1 Å². The number of hydrogen-bond acceptors (Lipinski definition) is 3. The van der Waals surface area contributed by atoms with E-state index in [1.165, 1.54) is 10.5 Å². The number of hydrogen-bond donors (Lipinski definition) is 1. The minimum Gasteiger partial charge on any atom is -0.384 e. The summed E-state index contributed by atoms with van der Waals surface area (Å²) in [7, 11) is 0. The van der Waals surface area contributed by atoms with Crippen LogP contribution in [0.25, 0.3) is 11.1 Å². The van der Waals surface area contributed by atoms with Crippen molar-refractivity contribution < 1.29 is 0 Å². The number of thioether (sulfide) groups is 1. The van der Waals surface area contributed by atoms with Crippen molar-refractivity contribution in [3.63, 3.8) is 0 Å². The topological polar surface area (TPSA) is 38.9 Å². The molecule has 0 atom stereocenters. The second kappa shape index (κ2) is 4.36. The number of anilines is 1. The third-order valence-electron chi connectivity index (χ3n) is 2.19. The Balaban J connectivity index is 2.40. The third-order valence-corrected chi connectivity index (χ3v) is 2.91. The zero-order chi connectivity index (χ0) is 10.7. The second-order valence-corrected chi connectivity index (χ2v) is 4.08. The average Bonchev–Trinajstić information content (AvgIpc) is 2.30. The van der Waals surface area contributed by atoms with Crippen LogP contribution in [0.5, 0.6) is 0 Å². The monoisotopic (exact) mass is 216 g/mol. The summed E-state index contributed by atoms with van der Waals surface area (Å²) in [5.74, 6) is 0.555. The van der Waals surface area contributed by atoms with E-state index in [2.05, 4.69) is 35.5 Å². The van der Waals surface area contributed by atoms with Gasteiger partial charge in [-0.1, -0.05) is 12.1 Å². The predicted octanol–water partition coefficient (Wildman–Crippen LogP) is 3.05. The fourth-order valence-corrected chi connectivity index (χ4v) is 1.84. The number of nitrogens with two attached hydrogens (primary N) is 1. The van der Waals surface area contributed by atoms with Crippen LogP contribution in [0.2, 0.25) is 0 Å². The van der Waals surface area contributed by atoms with Crippen LogP contribution in [0.3, 0.4) is 0 Å². The first kappa shape index (κ1) is 10.1. The van der Waals surface area contributed by atoms with Crippen molar-refractivity contribution in [2.75, 3.05) is 12.0 Å². The van der Waals surface area contributed by atoms with Gasteiger partial charge in [0.2, 0.25) is 0 Å². The Kier molecular flexibility index (Phi) is 2.92. The first-order chi connectivity index (χ1) is 7.29. The van der Waals surface area contributed by atoms with Crippen LogP contribution < -0.4 is 5.73 Å². The highest BCUT2D eigenvalue weighted by Crippen LogP contribution is 2.24. The average molecular weight is 216 g/mol. The highest BCUT2D eigenvalue weighted by atomic mass is 32.2. The minimum absolute atomic E-state index is 0.555. The van der Waals surface area contributed by atoms with E-state index in [-0.39, 0.29) is 0 Å². The molecule has 2 N–H and O–H groups in total. The quantitative estimate of drug-likeness (QED) is 0.784. The first-order valence-electron chi connectivity index (χ1n) is 4.65. The molecule has 0 aliphatic rings. The van der Waals surface area contributed by atoms with Crippen molar-refractivity contribution in [1.29, 1.82) is 0 Å². The molecule has 0 unspecified atom stereocenters. The molecule has 15 heavy (non-hydrogen) atoms. The number of aromatic nitrogens is 1. The van der Waals surface area contributed by atoms with E-state index in [9.17, 15) is 0 Å². The van der Waals surface area contributed by atoms with Crippen molar-refractivity contribution >= 4 is 17.6 Å². The highest BCUT2D eigenvalue weighted by Gasteiger charge is 1.98. The van der Waals surface area contributed by atoms with E-state index in [1.54, 1.807) is 18.0 Å². The maximum absolute atomic E-state index is 5.55. The molecule has 76 valence electrons. The summed E-state index contributed by atoms with van der Waals surface area (Å²) in [6.07, 6.45) is 3.87. The number of benzene rings is 1. The summed E-state index contributed by atoms with van der Waals surface area (Å²) < 4.78 is 0. The van der Waals surface area contributed by atoms with E-state index in [1.807, 2.05) is 12.1 Å². The van der Waals surface area contributed by atoms with Gasteiger partial charge in [-0.3, -0.25) is 0 Å². The summed E-state index contributed by atoms with van der Waals surface area (Å²) in [6, 6.07) is 12.2. The van der Waals surface area contributed by atoms with Gasteiger partial charge in [0.25, 0.3) is 0 Å². The molecular weight excluding hydrogens is 204 g/mol. The molecule has 0 amide bonds.